The third-order valence-corrected chi connectivity index (χ3v) is 2.54. The largest absolute Gasteiger partial charge is 0.366 e. The van der Waals surface area contributed by atoms with Gasteiger partial charge in [0.25, 0.3) is 0 Å². The van der Waals surface area contributed by atoms with E-state index in [0.717, 1.165) is 11.7 Å². The number of nitrogens with one attached hydrogen (secondary N) is 1. The molecule has 0 heterocycles. The minimum absolute atomic E-state index is 0.497. The Balaban J connectivity index is 3.88. The molecule has 0 fully saturated rings. The van der Waals surface area contributed by atoms with Crippen molar-refractivity contribution in [1.29, 1.82) is 0 Å². The van der Waals surface area contributed by atoms with Gasteiger partial charge in [-0.15, -0.1) is 0 Å². The summed E-state index contributed by atoms with van der Waals surface area (Å²) in [7, 11) is 1.89. The van der Waals surface area contributed by atoms with E-state index in [4.69, 9.17) is 12.2 Å². The van der Waals surface area contributed by atoms with Crippen LogP contribution < -0.4 is 5.32 Å². The predicted molar refractivity (Wildman–Crippen MR) is 63.0 cm³/mol. The maximum absolute atomic E-state index is 5.22. The first-order valence-corrected chi connectivity index (χ1v) is 5.52. The van der Waals surface area contributed by atoms with Crippen molar-refractivity contribution in [3.05, 3.63) is 0 Å². The molecule has 0 bridgehead atoms. The second-order valence-corrected chi connectivity index (χ2v) is 3.94. The molecular weight excluding hydrogens is 180 g/mol. The van der Waals surface area contributed by atoms with E-state index in [2.05, 4.69) is 31.0 Å². The lowest BCUT2D eigenvalue weighted by molar-refractivity contribution is 0.337. The minimum Gasteiger partial charge on any atom is -0.366 e. The Morgan fingerprint density at radius 3 is 2.38 bits per heavy atom. The van der Waals surface area contributed by atoms with Crippen molar-refractivity contribution in [2.24, 2.45) is 0 Å². The van der Waals surface area contributed by atoms with Crippen LogP contribution in [0.4, 0.5) is 0 Å². The molecule has 0 aromatic carbocycles. The highest BCUT2D eigenvalue weighted by atomic mass is 32.1. The lowest BCUT2D eigenvalue weighted by Crippen LogP contribution is -2.42. The van der Waals surface area contributed by atoms with Gasteiger partial charge < -0.3 is 10.2 Å². The molecular formula is C10H22N2S. The Bertz CT molecular complexity index is 146. The molecule has 0 radical (unpaired) electrons. The number of hydrogen-bond acceptors (Lipinski definition) is 1. The van der Waals surface area contributed by atoms with Crippen LogP contribution in [0.15, 0.2) is 0 Å². The molecule has 0 aliphatic rings. The Morgan fingerprint density at radius 1 is 1.38 bits per heavy atom. The van der Waals surface area contributed by atoms with Gasteiger partial charge in [-0.05, 0) is 32.5 Å². The standard InChI is InChI=1S/C10H22N2S/c1-5-6-7-8-12(9(2)3)10(13)11-4/h9H,5-8H2,1-4H3,(H,11,13). The molecule has 0 saturated carbocycles. The maximum Gasteiger partial charge on any atom is 0.168 e. The van der Waals surface area contributed by atoms with Crippen LogP contribution >= 0.6 is 12.2 Å². The van der Waals surface area contributed by atoms with Crippen LogP contribution in [0.5, 0.6) is 0 Å². The fourth-order valence-electron chi connectivity index (χ4n) is 1.27. The molecule has 0 spiro atoms. The SMILES string of the molecule is CCCCCN(C(=S)NC)C(C)C. The number of unbranched alkanes of at least 4 members (excludes halogenated alkanes) is 2. The quantitative estimate of drug-likeness (QED) is 0.544. The van der Waals surface area contributed by atoms with E-state index < -0.39 is 0 Å². The van der Waals surface area contributed by atoms with Crippen molar-refractivity contribution in [2.75, 3.05) is 13.6 Å². The van der Waals surface area contributed by atoms with Gasteiger partial charge in [0.2, 0.25) is 0 Å². The van der Waals surface area contributed by atoms with Crippen molar-refractivity contribution in [3.8, 4) is 0 Å². The Morgan fingerprint density at radius 2 is 2.00 bits per heavy atom. The topological polar surface area (TPSA) is 15.3 Å². The van der Waals surface area contributed by atoms with E-state index in [1.54, 1.807) is 0 Å². The van der Waals surface area contributed by atoms with E-state index in [1.807, 2.05) is 7.05 Å². The zero-order valence-corrected chi connectivity index (χ0v) is 10.1. The first kappa shape index (κ1) is 12.7. The molecule has 0 rings (SSSR count). The van der Waals surface area contributed by atoms with Crippen LogP contribution in [0.3, 0.4) is 0 Å². The van der Waals surface area contributed by atoms with Gasteiger partial charge in [0, 0.05) is 19.6 Å². The van der Waals surface area contributed by atoms with Crippen molar-refractivity contribution in [3.63, 3.8) is 0 Å². The summed E-state index contributed by atoms with van der Waals surface area (Å²) in [5.41, 5.74) is 0. The zero-order valence-electron chi connectivity index (χ0n) is 9.26. The van der Waals surface area contributed by atoms with Crippen molar-refractivity contribution in [1.82, 2.24) is 10.2 Å². The summed E-state index contributed by atoms with van der Waals surface area (Å²) in [5, 5.41) is 3.90. The summed E-state index contributed by atoms with van der Waals surface area (Å²) < 4.78 is 0. The van der Waals surface area contributed by atoms with Gasteiger partial charge in [0.15, 0.2) is 5.11 Å². The molecule has 0 aliphatic heterocycles. The van der Waals surface area contributed by atoms with Gasteiger partial charge in [0.1, 0.15) is 0 Å². The summed E-state index contributed by atoms with van der Waals surface area (Å²) >= 11 is 5.22. The first-order chi connectivity index (χ1) is 6.13. The molecule has 3 heteroatoms. The fourth-order valence-corrected chi connectivity index (χ4v) is 1.57. The molecule has 78 valence electrons. The highest BCUT2D eigenvalue weighted by Gasteiger charge is 2.10. The molecule has 0 aromatic rings. The van der Waals surface area contributed by atoms with Crippen LogP contribution in [-0.4, -0.2) is 29.6 Å². The minimum atomic E-state index is 0.497. The molecule has 0 atom stereocenters. The van der Waals surface area contributed by atoms with Gasteiger partial charge in [-0.1, -0.05) is 19.8 Å². The number of thiocarbonyl (C=S) groups is 1. The fraction of sp³-hybridized carbons (Fsp3) is 0.900. The van der Waals surface area contributed by atoms with Gasteiger partial charge in [-0.25, -0.2) is 0 Å². The van der Waals surface area contributed by atoms with Gasteiger partial charge >= 0.3 is 0 Å². The van der Waals surface area contributed by atoms with E-state index in [-0.39, 0.29) is 0 Å². The molecule has 13 heavy (non-hydrogen) atoms. The molecule has 2 nitrogen and oxygen atoms in total. The first-order valence-electron chi connectivity index (χ1n) is 5.11. The monoisotopic (exact) mass is 202 g/mol. The molecule has 0 saturated heterocycles. The van der Waals surface area contributed by atoms with Crippen LogP contribution in [-0.2, 0) is 0 Å². The van der Waals surface area contributed by atoms with Crippen molar-refractivity contribution >= 4 is 17.3 Å². The third kappa shape index (κ3) is 5.09. The molecule has 0 aromatic heterocycles. The Kier molecular flexibility index (Phi) is 6.96. The lowest BCUT2D eigenvalue weighted by Gasteiger charge is -2.28. The van der Waals surface area contributed by atoms with Gasteiger partial charge in [0.05, 0.1) is 0 Å². The van der Waals surface area contributed by atoms with E-state index in [0.29, 0.717) is 6.04 Å². The van der Waals surface area contributed by atoms with Gasteiger partial charge in [-0.2, -0.15) is 0 Å². The summed E-state index contributed by atoms with van der Waals surface area (Å²) in [6, 6.07) is 0.497. The molecule has 0 amide bonds. The highest BCUT2D eigenvalue weighted by molar-refractivity contribution is 7.80. The smallest absolute Gasteiger partial charge is 0.168 e. The number of rotatable bonds is 5. The van der Waals surface area contributed by atoms with Crippen LogP contribution in [0.2, 0.25) is 0 Å². The third-order valence-electron chi connectivity index (χ3n) is 2.10. The normalized spacial score (nSPS) is 10.2. The van der Waals surface area contributed by atoms with E-state index in [1.165, 1.54) is 19.3 Å². The lowest BCUT2D eigenvalue weighted by atomic mass is 10.2. The van der Waals surface area contributed by atoms with E-state index in [9.17, 15) is 0 Å². The van der Waals surface area contributed by atoms with E-state index >= 15 is 0 Å². The zero-order chi connectivity index (χ0) is 10.3. The Hall–Kier alpha value is -0.310. The summed E-state index contributed by atoms with van der Waals surface area (Å²) in [4.78, 5) is 2.24. The van der Waals surface area contributed by atoms with Gasteiger partial charge in [-0.3, -0.25) is 0 Å². The van der Waals surface area contributed by atoms with Crippen LogP contribution in [0, 0.1) is 0 Å². The second kappa shape index (κ2) is 7.13. The van der Waals surface area contributed by atoms with Crippen molar-refractivity contribution in [2.45, 2.75) is 46.1 Å². The molecule has 0 unspecified atom stereocenters. The highest BCUT2D eigenvalue weighted by Crippen LogP contribution is 2.03. The molecule has 1 N–H and O–H groups in total. The summed E-state index contributed by atoms with van der Waals surface area (Å²) in [6.45, 7) is 7.65. The van der Waals surface area contributed by atoms with Crippen molar-refractivity contribution < 1.29 is 0 Å². The number of nitrogens with zero attached hydrogens (tertiary/aromatic N) is 1. The Labute approximate surface area is 87.7 Å². The maximum atomic E-state index is 5.22. The second-order valence-electron chi connectivity index (χ2n) is 3.55. The molecule has 0 aliphatic carbocycles. The average molecular weight is 202 g/mol. The average Bonchev–Trinajstić information content (AvgIpc) is 2.11. The van der Waals surface area contributed by atoms with Crippen LogP contribution in [0.1, 0.15) is 40.0 Å². The predicted octanol–water partition coefficient (Wildman–Crippen LogP) is 2.39. The van der Waals surface area contributed by atoms with Crippen LogP contribution in [0.25, 0.3) is 0 Å². The summed E-state index contributed by atoms with van der Waals surface area (Å²) in [6.07, 6.45) is 3.78. The summed E-state index contributed by atoms with van der Waals surface area (Å²) in [5.74, 6) is 0. The number of hydrogen-bond donors (Lipinski definition) is 1.